The Labute approximate surface area is 132 Å². The van der Waals surface area contributed by atoms with Crippen LogP contribution in [0.3, 0.4) is 0 Å². The van der Waals surface area contributed by atoms with Gasteiger partial charge in [-0.3, -0.25) is 0 Å². The van der Waals surface area contributed by atoms with E-state index in [9.17, 15) is 0 Å². The molecule has 1 fully saturated rings. The molecule has 22 heavy (non-hydrogen) atoms. The van der Waals surface area contributed by atoms with Crippen LogP contribution in [0.5, 0.6) is 0 Å². The molecule has 3 heterocycles. The van der Waals surface area contributed by atoms with Crippen molar-refractivity contribution in [3.63, 3.8) is 0 Å². The maximum absolute atomic E-state index is 4.63. The average molecular weight is 301 g/mol. The highest BCUT2D eigenvalue weighted by molar-refractivity contribution is 5.48. The minimum absolute atomic E-state index is 0.609. The summed E-state index contributed by atoms with van der Waals surface area (Å²) in [5.74, 6) is 2.62. The summed E-state index contributed by atoms with van der Waals surface area (Å²) >= 11 is 0. The number of fused-ring (bicyclic) bond motifs is 1. The standard InChI is InChI=1S/C17H27N5/c1-4-7-14-11-16(22-17(20-14)18-12-19-22)21-9-6-5-8-15(21)10-13(2)3/h11-13,15H,4-10H2,1-3H3/t15-/m0/s1. The zero-order valence-electron chi connectivity index (χ0n) is 14.0. The van der Waals surface area contributed by atoms with Crippen LogP contribution in [0.4, 0.5) is 5.82 Å². The number of nitrogens with zero attached hydrogens (tertiary/aromatic N) is 5. The molecule has 5 heteroatoms. The van der Waals surface area contributed by atoms with Gasteiger partial charge in [0.2, 0.25) is 0 Å². The van der Waals surface area contributed by atoms with Crippen molar-refractivity contribution >= 4 is 11.6 Å². The van der Waals surface area contributed by atoms with E-state index in [0.29, 0.717) is 12.0 Å². The molecule has 0 unspecified atom stereocenters. The molecule has 1 aliphatic rings. The van der Waals surface area contributed by atoms with Crippen LogP contribution in [0.15, 0.2) is 12.4 Å². The van der Waals surface area contributed by atoms with Crippen LogP contribution >= 0.6 is 0 Å². The molecular weight excluding hydrogens is 274 g/mol. The highest BCUT2D eigenvalue weighted by Gasteiger charge is 2.26. The van der Waals surface area contributed by atoms with Crippen molar-refractivity contribution in [1.29, 1.82) is 0 Å². The van der Waals surface area contributed by atoms with Crippen LogP contribution in [0.1, 0.15) is 58.6 Å². The van der Waals surface area contributed by atoms with Gasteiger partial charge in [0.25, 0.3) is 5.78 Å². The molecule has 5 nitrogen and oxygen atoms in total. The number of anilines is 1. The van der Waals surface area contributed by atoms with Crippen LogP contribution in [-0.2, 0) is 6.42 Å². The van der Waals surface area contributed by atoms with E-state index in [1.165, 1.54) is 31.5 Å². The molecule has 0 radical (unpaired) electrons. The molecule has 0 amide bonds. The number of piperidine rings is 1. The molecule has 3 rings (SSSR count). The SMILES string of the molecule is CCCc1cc(N2CCCC[C@H]2CC(C)C)n2ncnc2n1. The summed E-state index contributed by atoms with van der Waals surface area (Å²) in [6, 6.07) is 2.84. The molecule has 1 saturated heterocycles. The Morgan fingerprint density at radius 3 is 2.95 bits per heavy atom. The van der Waals surface area contributed by atoms with E-state index in [4.69, 9.17) is 0 Å². The molecule has 0 saturated carbocycles. The predicted octanol–water partition coefficient (Wildman–Crippen LogP) is 3.48. The average Bonchev–Trinajstić information content (AvgIpc) is 2.95. The monoisotopic (exact) mass is 301 g/mol. The summed E-state index contributed by atoms with van der Waals surface area (Å²) in [7, 11) is 0. The molecule has 0 N–H and O–H groups in total. The molecule has 2 aromatic heterocycles. The van der Waals surface area contributed by atoms with E-state index in [1.54, 1.807) is 6.33 Å². The molecule has 1 atom stereocenters. The molecule has 0 aromatic carbocycles. The van der Waals surface area contributed by atoms with Crippen LogP contribution in [-0.4, -0.2) is 32.2 Å². The molecule has 1 aliphatic heterocycles. The third-order valence-electron chi connectivity index (χ3n) is 4.46. The summed E-state index contributed by atoms with van der Waals surface area (Å²) in [5, 5.41) is 4.41. The first-order valence-electron chi connectivity index (χ1n) is 8.65. The highest BCUT2D eigenvalue weighted by atomic mass is 15.4. The molecule has 2 aromatic rings. The van der Waals surface area contributed by atoms with Crippen LogP contribution in [0.2, 0.25) is 0 Å². The number of hydrogen-bond donors (Lipinski definition) is 0. The van der Waals surface area contributed by atoms with Crippen molar-refractivity contribution < 1.29 is 0 Å². The first kappa shape index (κ1) is 15.3. The fourth-order valence-corrected chi connectivity index (χ4v) is 3.52. The largest absolute Gasteiger partial charge is 0.353 e. The van der Waals surface area contributed by atoms with Gasteiger partial charge in [-0.25, -0.2) is 4.98 Å². The van der Waals surface area contributed by atoms with Gasteiger partial charge in [-0.2, -0.15) is 14.6 Å². The summed E-state index contributed by atoms with van der Waals surface area (Å²) in [5.41, 5.74) is 1.13. The summed E-state index contributed by atoms with van der Waals surface area (Å²) in [4.78, 5) is 11.5. The van der Waals surface area contributed by atoms with Gasteiger partial charge >= 0.3 is 0 Å². The van der Waals surface area contributed by atoms with E-state index >= 15 is 0 Å². The van der Waals surface area contributed by atoms with Gasteiger partial charge in [0.05, 0.1) is 0 Å². The Hall–Kier alpha value is -1.65. The third kappa shape index (κ3) is 3.08. The topological polar surface area (TPSA) is 46.3 Å². The molecule has 0 spiro atoms. The number of hydrogen-bond acceptors (Lipinski definition) is 4. The van der Waals surface area contributed by atoms with Crippen molar-refractivity contribution in [3.05, 3.63) is 18.1 Å². The van der Waals surface area contributed by atoms with Crippen molar-refractivity contribution in [2.75, 3.05) is 11.4 Å². The van der Waals surface area contributed by atoms with E-state index in [-0.39, 0.29) is 0 Å². The van der Waals surface area contributed by atoms with Gasteiger partial charge < -0.3 is 4.90 Å². The van der Waals surface area contributed by atoms with Gasteiger partial charge in [-0.15, -0.1) is 0 Å². The number of rotatable bonds is 5. The second-order valence-electron chi connectivity index (χ2n) is 6.80. The molecular formula is C17H27N5. The summed E-state index contributed by atoms with van der Waals surface area (Å²) in [6.45, 7) is 7.93. The van der Waals surface area contributed by atoms with Crippen molar-refractivity contribution in [3.8, 4) is 0 Å². The van der Waals surface area contributed by atoms with E-state index < -0.39 is 0 Å². The Morgan fingerprint density at radius 2 is 2.18 bits per heavy atom. The minimum atomic E-state index is 0.609. The number of aromatic nitrogens is 4. The first-order chi connectivity index (χ1) is 10.7. The number of aryl methyl sites for hydroxylation is 1. The van der Waals surface area contributed by atoms with Crippen LogP contribution < -0.4 is 4.90 Å². The zero-order chi connectivity index (χ0) is 15.5. The molecule has 0 bridgehead atoms. The van der Waals surface area contributed by atoms with Gasteiger partial charge in [0, 0.05) is 24.3 Å². The lowest BCUT2D eigenvalue weighted by Crippen LogP contribution is -2.41. The smallest absolute Gasteiger partial charge is 0.254 e. The van der Waals surface area contributed by atoms with E-state index in [2.05, 4.69) is 46.8 Å². The Kier molecular flexibility index (Phi) is 4.60. The predicted molar refractivity (Wildman–Crippen MR) is 89.2 cm³/mol. The quantitative estimate of drug-likeness (QED) is 0.848. The van der Waals surface area contributed by atoms with Gasteiger partial charge in [-0.05, 0) is 38.0 Å². The van der Waals surface area contributed by atoms with Crippen LogP contribution in [0.25, 0.3) is 5.78 Å². The molecule has 0 aliphatic carbocycles. The van der Waals surface area contributed by atoms with Gasteiger partial charge in [0.15, 0.2) is 0 Å². The summed E-state index contributed by atoms with van der Waals surface area (Å²) in [6.07, 6.45) is 8.83. The van der Waals surface area contributed by atoms with Crippen molar-refractivity contribution in [2.45, 2.75) is 65.3 Å². The van der Waals surface area contributed by atoms with E-state index in [1.807, 2.05) is 4.52 Å². The Bertz CT molecular complexity index is 619. The fraction of sp³-hybridized carbons (Fsp3) is 0.706. The van der Waals surface area contributed by atoms with Crippen LogP contribution in [0, 0.1) is 5.92 Å². The lowest BCUT2D eigenvalue weighted by molar-refractivity contribution is 0.389. The minimum Gasteiger partial charge on any atom is -0.353 e. The summed E-state index contributed by atoms with van der Waals surface area (Å²) < 4.78 is 1.91. The van der Waals surface area contributed by atoms with E-state index in [0.717, 1.165) is 30.9 Å². The lowest BCUT2D eigenvalue weighted by atomic mass is 9.94. The zero-order valence-corrected chi connectivity index (χ0v) is 14.0. The third-order valence-corrected chi connectivity index (χ3v) is 4.46. The van der Waals surface area contributed by atoms with Crippen molar-refractivity contribution in [1.82, 2.24) is 19.6 Å². The maximum Gasteiger partial charge on any atom is 0.254 e. The van der Waals surface area contributed by atoms with Gasteiger partial charge in [0.1, 0.15) is 12.1 Å². The maximum atomic E-state index is 4.63. The fourth-order valence-electron chi connectivity index (χ4n) is 3.52. The Morgan fingerprint density at radius 1 is 1.32 bits per heavy atom. The molecule has 120 valence electrons. The van der Waals surface area contributed by atoms with Gasteiger partial charge in [-0.1, -0.05) is 27.2 Å². The van der Waals surface area contributed by atoms with Crippen molar-refractivity contribution in [2.24, 2.45) is 5.92 Å². The second-order valence-corrected chi connectivity index (χ2v) is 6.80. The second kappa shape index (κ2) is 6.63. The Balaban J connectivity index is 2.00. The normalized spacial score (nSPS) is 19.3. The first-order valence-corrected chi connectivity index (χ1v) is 8.65. The highest BCUT2D eigenvalue weighted by Crippen LogP contribution is 2.29. The lowest BCUT2D eigenvalue weighted by Gasteiger charge is -2.38.